The first-order valence-corrected chi connectivity index (χ1v) is 8.04. The molecule has 4 nitrogen and oxygen atoms in total. The number of hydrogen-bond donors (Lipinski definition) is 2. The molecule has 21 heavy (non-hydrogen) atoms. The highest BCUT2D eigenvalue weighted by molar-refractivity contribution is 5.90. The van der Waals surface area contributed by atoms with Crippen molar-refractivity contribution < 1.29 is 4.79 Å². The number of piperidine rings is 1. The summed E-state index contributed by atoms with van der Waals surface area (Å²) in [5.41, 5.74) is 7.56. The van der Waals surface area contributed by atoms with Crippen molar-refractivity contribution in [2.45, 2.75) is 39.0 Å². The minimum Gasteiger partial charge on any atom is -0.372 e. The van der Waals surface area contributed by atoms with E-state index in [2.05, 4.69) is 29.3 Å². The van der Waals surface area contributed by atoms with E-state index in [0.717, 1.165) is 37.5 Å². The Hall–Kier alpha value is -1.55. The van der Waals surface area contributed by atoms with E-state index in [1.807, 2.05) is 12.1 Å². The van der Waals surface area contributed by atoms with Gasteiger partial charge in [0.25, 0.3) is 0 Å². The molecule has 0 aliphatic carbocycles. The zero-order valence-corrected chi connectivity index (χ0v) is 13.0. The van der Waals surface area contributed by atoms with Crippen molar-refractivity contribution in [3.8, 4) is 0 Å². The Bertz CT molecular complexity index is 436. The van der Waals surface area contributed by atoms with E-state index in [0.29, 0.717) is 13.0 Å². The van der Waals surface area contributed by atoms with Crippen LogP contribution in [0, 0.1) is 5.92 Å². The first kappa shape index (κ1) is 15.8. The summed E-state index contributed by atoms with van der Waals surface area (Å²) >= 11 is 0. The van der Waals surface area contributed by atoms with E-state index in [-0.39, 0.29) is 5.91 Å². The van der Waals surface area contributed by atoms with E-state index < -0.39 is 0 Å². The number of benzene rings is 1. The van der Waals surface area contributed by atoms with Crippen molar-refractivity contribution in [1.29, 1.82) is 0 Å². The molecule has 1 aromatic rings. The zero-order chi connectivity index (χ0) is 15.1. The van der Waals surface area contributed by atoms with E-state index in [9.17, 15) is 4.79 Å². The van der Waals surface area contributed by atoms with Gasteiger partial charge >= 0.3 is 0 Å². The lowest BCUT2D eigenvalue weighted by atomic mass is 9.99. The third-order valence-corrected chi connectivity index (χ3v) is 4.16. The van der Waals surface area contributed by atoms with Crippen LogP contribution in [0.15, 0.2) is 24.3 Å². The van der Waals surface area contributed by atoms with Crippen molar-refractivity contribution in [3.63, 3.8) is 0 Å². The number of carbonyl (C=O) groups is 1. The third kappa shape index (κ3) is 5.05. The van der Waals surface area contributed by atoms with Crippen LogP contribution in [0.5, 0.6) is 0 Å². The summed E-state index contributed by atoms with van der Waals surface area (Å²) in [6, 6.07) is 8.19. The highest BCUT2D eigenvalue weighted by Crippen LogP contribution is 2.24. The molecular formula is C17H27N3O. The van der Waals surface area contributed by atoms with Gasteiger partial charge in [0.1, 0.15) is 0 Å². The molecule has 0 spiro atoms. The number of nitrogens with zero attached hydrogens (tertiary/aromatic N) is 1. The SMILES string of the molecule is CC1CCN(c2ccc(NC(=O)CCCCN)cc2)CC1. The van der Waals surface area contributed by atoms with Crippen LogP contribution in [0.2, 0.25) is 0 Å². The Morgan fingerprint density at radius 2 is 1.90 bits per heavy atom. The van der Waals surface area contributed by atoms with E-state index in [1.165, 1.54) is 18.5 Å². The zero-order valence-electron chi connectivity index (χ0n) is 13.0. The number of anilines is 2. The van der Waals surface area contributed by atoms with Crippen molar-refractivity contribution >= 4 is 17.3 Å². The van der Waals surface area contributed by atoms with Crippen LogP contribution < -0.4 is 16.0 Å². The summed E-state index contributed by atoms with van der Waals surface area (Å²) in [6.45, 7) is 5.23. The van der Waals surface area contributed by atoms with Crippen LogP contribution in [0.1, 0.15) is 39.0 Å². The van der Waals surface area contributed by atoms with Crippen LogP contribution in [-0.2, 0) is 4.79 Å². The first-order chi connectivity index (χ1) is 10.2. The van der Waals surface area contributed by atoms with Crippen LogP contribution >= 0.6 is 0 Å². The summed E-state index contributed by atoms with van der Waals surface area (Å²) < 4.78 is 0. The van der Waals surface area contributed by atoms with Gasteiger partial charge in [0, 0.05) is 30.9 Å². The number of rotatable bonds is 6. The molecule has 1 saturated heterocycles. The molecule has 1 aliphatic rings. The molecule has 4 heteroatoms. The molecule has 116 valence electrons. The van der Waals surface area contributed by atoms with E-state index in [1.54, 1.807) is 0 Å². The fourth-order valence-corrected chi connectivity index (χ4v) is 2.68. The van der Waals surface area contributed by atoms with Gasteiger partial charge in [-0.3, -0.25) is 4.79 Å². The number of amides is 1. The summed E-state index contributed by atoms with van der Waals surface area (Å²) in [5.74, 6) is 0.913. The van der Waals surface area contributed by atoms with Gasteiger partial charge in [-0.1, -0.05) is 6.92 Å². The molecule has 0 radical (unpaired) electrons. The lowest BCUT2D eigenvalue weighted by molar-refractivity contribution is -0.116. The molecule has 1 heterocycles. The Morgan fingerprint density at radius 1 is 1.24 bits per heavy atom. The largest absolute Gasteiger partial charge is 0.372 e. The van der Waals surface area contributed by atoms with E-state index >= 15 is 0 Å². The molecule has 0 bridgehead atoms. The Balaban J connectivity index is 1.83. The maximum atomic E-state index is 11.7. The normalized spacial score (nSPS) is 16.0. The van der Waals surface area contributed by atoms with Crippen molar-refractivity contribution in [2.75, 3.05) is 29.9 Å². The van der Waals surface area contributed by atoms with Crippen LogP contribution in [0.4, 0.5) is 11.4 Å². The average Bonchev–Trinajstić information content (AvgIpc) is 2.49. The summed E-state index contributed by atoms with van der Waals surface area (Å²) in [6.07, 6.45) is 4.83. The minimum atomic E-state index is 0.0722. The van der Waals surface area contributed by atoms with Gasteiger partial charge in [0.2, 0.25) is 5.91 Å². The fraction of sp³-hybridized carbons (Fsp3) is 0.588. The maximum absolute atomic E-state index is 11.7. The molecule has 1 aliphatic heterocycles. The highest BCUT2D eigenvalue weighted by Gasteiger charge is 2.15. The molecule has 0 atom stereocenters. The van der Waals surface area contributed by atoms with Crippen LogP contribution in [-0.4, -0.2) is 25.5 Å². The topological polar surface area (TPSA) is 58.4 Å². The first-order valence-electron chi connectivity index (χ1n) is 8.04. The van der Waals surface area contributed by atoms with Gasteiger partial charge in [-0.25, -0.2) is 0 Å². The number of carbonyl (C=O) groups excluding carboxylic acids is 1. The standard InChI is InChI=1S/C17H27N3O/c1-14-9-12-20(13-10-14)16-7-5-15(6-8-16)19-17(21)4-2-3-11-18/h5-8,14H,2-4,9-13,18H2,1H3,(H,19,21). The van der Waals surface area contributed by atoms with Gasteiger partial charge < -0.3 is 16.0 Å². The molecule has 3 N–H and O–H groups in total. The molecule has 0 saturated carbocycles. The number of nitrogens with two attached hydrogens (primary N) is 1. The molecule has 1 fully saturated rings. The Labute approximate surface area is 127 Å². The summed E-state index contributed by atoms with van der Waals surface area (Å²) in [7, 11) is 0. The van der Waals surface area contributed by atoms with Crippen molar-refractivity contribution in [3.05, 3.63) is 24.3 Å². The monoisotopic (exact) mass is 289 g/mol. The molecule has 0 aromatic heterocycles. The minimum absolute atomic E-state index is 0.0722. The fourth-order valence-electron chi connectivity index (χ4n) is 2.68. The third-order valence-electron chi connectivity index (χ3n) is 4.16. The predicted octanol–water partition coefficient (Wildman–Crippen LogP) is 2.99. The molecular weight excluding hydrogens is 262 g/mol. The van der Waals surface area contributed by atoms with Crippen molar-refractivity contribution in [1.82, 2.24) is 0 Å². The highest BCUT2D eigenvalue weighted by atomic mass is 16.1. The van der Waals surface area contributed by atoms with E-state index in [4.69, 9.17) is 5.73 Å². The second-order valence-electron chi connectivity index (χ2n) is 6.01. The average molecular weight is 289 g/mol. The van der Waals surface area contributed by atoms with Crippen LogP contribution in [0.3, 0.4) is 0 Å². The summed E-state index contributed by atoms with van der Waals surface area (Å²) in [5, 5.41) is 2.94. The second kappa shape index (κ2) is 8.03. The molecule has 2 rings (SSSR count). The lowest BCUT2D eigenvalue weighted by Gasteiger charge is -2.32. The summed E-state index contributed by atoms with van der Waals surface area (Å²) in [4.78, 5) is 14.2. The smallest absolute Gasteiger partial charge is 0.224 e. The molecule has 1 aromatic carbocycles. The van der Waals surface area contributed by atoms with Gasteiger partial charge in [-0.2, -0.15) is 0 Å². The van der Waals surface area contributed by atoms with Crippen molar-refractivity contribution in [2.24, 2.45) is 11.7 Å². The molecule has 1 amide bonds. The lowest BCUT2D eigenvalue weighted by Crippen LogP contribution is -2.32. The number of unbranched alkanes of at least 4 members (excludes halogenated alkanes) is 1. The quantitative estimate of drug-likeness (QED) is 0.792. The van der Waals surface area contributed by atoms with Gasteiger partial charge in [0.05, 0.1) is 0 Å². The predicted molar refractivity (Wildman–Crippen MR) is 88.6 cm³/mol. The van der Waals surface area contributed by atoms with Gasteiger partial charge in [-0.15, -0.1) is 0 Å². The number of hydrogen-bond acceptors (Lipinski definition) is 3. The molecule has 0 unspecified atom stereocenters. The second-order valence-corrected chi connectivity index (χ2v) is 6.01. The Morgan fingerprint density at radius 3 is 2.52 bits per heavy atom. The van der Waals surface area contributed by atoms with Crippen LogP contribution in [0.25, 0.3) is 0 Å². The number of nitrogens with one attached hydrogen (secondary N) is 1. The van der Waals surface area contributed by atoms with Gasteiger partial charge in [-0.05, 0) is 62.4 Å². The maximum Gasteiger partial charge on any atom is 0.224 e. The van der Waals surface area contributed by atoms with Gasteiger partial charge in [0.15, 0.2) is 0 Å². The Kier molecular flexibility index (Phi) is 6.05.